The Bertz CT molecular complexity index is 454. The summed E-state index contributed by atoms with van der Waals surface area (Å²) in [6.45, 7) is 1.65. The van der Waals surface area contributed by atoms with E-state index < -0.39 is 11.7 Å². The van der Waals surface area contributed by atoms with Crippen molar-refractivity contribution in [1.82, 2.24) is 0 Å². The molecule has 0 amide bonds. The van der Waals surface area contributed by atoms with Crippen molar-refractivity contribution in [2.45, 2.75) is 31.7 Å². The third-order valence-corrected chi connectivity index (χ3v) is 3.74. The molecule has 0 unspecified atom stereocenters. The van der Waals surface area contributed by atoms with E-state index in [1.807, 2.05) is 0 Å². The largest absolute Gasteiger partial charge is 0.416 e. The number of halogens is 3. The molecule has 1 aliphatic rings. The molecule has 20 heavy (non-hydrogen) atoms. The maximum absolute atomic E-state index is 12.7. The van der Waals surface area contributed by atoms with Crippen molar-refractivity contribution in [3.63, 3.8) is 0 Å². The molecule has 0 aromatic heterocycles. The van der Waals surface area contributed by atoms with Gasteiger partial charge in [-0.2, -0.15) is 13.2 Å². The maximum Gasteiger partial charge on any atom is 0.416 e. The normalized spacial score (nSPS) is 17.6. The van der Waals surface area contributed by atoms with Crippen molar-refractivity contribution < 1.29 is 17.9 Å². The van der Waals surface area contributed by atoms with Gasteiger partial charge in [0.1, 0.15) is 0 Å². The molecule has 0 saturated carbocycles. The van der Waals surface area contributed by atoms with Crippen LogP contribution in [0.3, 0.4) is 0 Å². The van der Waals surface area contributed by atoms with Gasteiger partial charge in [0.2, 0.25) is 0 Å². The number of rotatable bonds is 3. The van der Waals surface area contributed by atoms with Gasteiger partial charge in [0.05, 0.1) is 11.7 Å². The molecule has 1 aromatic rings. The van der Waals surface area contributed by atoms with Crippen LogP contribution in [0.15, 0.2) is 18.2 Å². The van der Waals surface area contributed by atoms with Gasteiger partial charge in [-0.05, 0) is 36.6 Å². The molecule has 0 aliphatic carbocycles. The molecular formula is C14H19F3N2O. The van der Waals surface area contributed by atoms with Crippen LogP contribution in [-0.2, 0) is 17.5 Å². The van der Waals surface area contributed by atoms with Gasteiger partial charge < -0.3 is 15.4 Å². The fourth-order valence-corrected chi connectivity index (χ4v) is 2.57. The highest BCUT2D eigenvalue weighted by Crippen LogP contribution is 2.33. The van der Waals surface area contributed by atoms with Crippen LogP contribution >= 0.6 is 0 Å². The van der Waals surface area contributed by atoms with Crippen molar-refractivity contribution >= 4 is 5.69 Å². The van der Waals surface area contributed by atoms with Crippen LogP contribution in [0, 0.1) is 0 Å². The Hall–Kier alpha value is -1.27. The summed E-state index contributed by atoms with van der Waals surface area (Å²) in [5.74, 6) is 0. The highest BCUT2D eigenvalue weighted by Gasteiger charge is 2.31. The van der Waals surface area contributed by atoms with Crippen LogP contribution < -0.4 is 10.6 Å². The summed E-state index contributed by atoms with van der Waals surface area (Å²) in [5, 5.41) is 0. The summed E-state index contributed by atoms with van der Waals surface area (Å²) in [6, 6.07) is 3.80. The lowest BCUT2D eigenvalue weighted by Crippen LogP contribution is -2.37. The molecule has 2 rings (SSSR count). The lowest BCUT2D eigenvalue weighted by molar-refractivity contribution is -0.137. The molecule has 0 bridgehead atoms. The minimum absolute atomic E-state index is 0.101. The minimum atomic E-state index is -4.33. The maximum atomic E-state index is 12.7. The third kappa shape index (κ3) is 3.24. The first-order valence-electron chi connectivity index (χ1n) is 6.63. The van der Waals surface area contributed by atoms with E-state index in [2.05, 4.69) is 4.90 Å². The van der Waals surface area contributed by atoms with Crippen molar-refractivity contribution in [3.05, 3.63) is 29.3 Å². The molecule has 2 N–H and O–H groups in total. The average Bonchev–Trinajstić information content (AvgIpc) is 2.45. The van der Waals surface area contributed by atoms with Gasteiger partial charge in [-0.1, -0.05) is 0 Å². The highest BCUT2D eigenvalue weighted by molar-refractivity contribution is 5.55. The van der Waals surface area contributed by atoms with Gasteiger partial charge in [-0.15, -0.1) is 0 Å². The summed E-state index contributed by atoms with van der Waals surface area (Å²) >= 11 is 0. The number of hydrogen-bond acceptors (Lipinski definition) is 3. The molecule has 1 aromatic carbocycles. The summed E-state index contributed by atoms with van der Waals surface area (Å²) in [4.78, 5) is 2.08. The summed E-state index contributed by atoms with van der Waals surface area (Å²) in [5.41, 5.74) is 6.30. The van der Waals surface area contributed by atoms with E-state index in [-0.39, 0.29) is 12.6 Å². The number of alkyl halides is 3. The van der Waals surface area contributed by atoms with E-state index in [9.17, 15) is 13.2 Å². The van der Waals surface area contributed by atoms with Gasteiger partial charge in [-0.3, -0.25) is 0 Å². The number of benzene rings is 1. The number of piperidine rings is 1. The Labute approximate surface area is 116 Å². The molecule has 0 atom stereocenters. The Morgan fingerprint density at radius 1 is 1.30 bits per heavy atom. The van der Waals surface area contributed by atoms with Crippen LogP contribution in [0.2, 0.25) is 0 Å². The van der Waals surface area contributed by atoms with Crippen LogP contribution in [-0.4, -0.2) is 26.3 Å². The van der Waals surface area contributed by atoms with Gasteiger partial charge in [-0.25, -0.2) is 0 Å². The predicted molar refractivity (Wildman–Crippen MR) is 71.6 cm³/mol. The number of ether oxygens (including phenoxy) is 1. The summed E-state index contributed by atoms with van der Waals surface area (Å²) < 4.78 is 43.4. The molecule has 1 heterocycles. The van der Waals surface area contributed by atoms with Crippen molar-refractivity contribution in [1.29, 1.82) is 0 Å². The van der Waals surface area contributed by atoms with Gasteiger partial charge in [0.25, 0.3) is 0 Å². The van der Waals surface area contributed by atoms with Crippen molar-refractivity contribution in [2.75, 3.05) is 25.1 Å². The zero-order valence-electron chi connectivity index (χ0n) is 11.4. The second kappa shape index (κ2) is 6.01. The summed E-state index contributed by atoms with van der Waals surface area (Å²) in [6.07, 6.45) is -2.34. The van der Waals surface area contributed by atoms with Crippen LogP contribution in [0.5, 0.6) is 0 Å². The first kappa shape index (κ1) is 15.1. The summed E-state index contributed by atoms with van der Waals surface area (Å²) in [7, 11) is 1.68. The number of nitrogens with zero attached hydrogens (tertiary/aromatic N) is 1. The number of nitrogens with two attached hydrogens (primary N) is 1. The SMILES string of the molecule is COC1CCN(c2ccc(C(F)(F)F)cc2CN)CC1. The molecule has 0 radical (unpaired) electrons. The van der Waals surface area contributed by atoms with Crippen molar-refractivity contribution in [2.24, 2.45) is 5.73 Å². The van der Waals surface area contributed by atoms with Crippen LogP contribution in [0.1, 0.15) is 24.0 Å². The first-order chi connectivity index (χ1) is 9.45. The standard InChI is InChI=1S/C14H19F3N2O/c1-20-12-4-6-19(7-5-12)13-3-2-11(14(15,16)17)8-10(13)9-18/h2-3,8,12H,4-7,9,18H2,1H3. The fourth-order valence-electron chi connectivity index (χ4n) is 2.57. The van der Waals surface area contributed by atoms with E-state index >= 15 is 0 Å². The predicted octanol–water partition coefficient (Wildman–Crippen LogP) is 2.78. The Kier molecular flexibility index (Phi) is 4.55. The van der Waals surface area contributed by atoms with Crippen molar-refractivity contribution in [3.8, 4) is 0 Å². The molecule has 6 heteroatoms. The Balaban J connectivity index is 2.20. The quantitative estimate of drug-likeness (QED) is 0.929. The number of hydrogen-bond donors (Lipinski definition) is 1. The fraction of sp³-hybridized carbons (Fsp3) is 0.571. The van der Waals surface area contributed by atoms with E-state index in [0.717, 1.165) is 43.8 Å². The monoisotopic (exact) mass is 288 g/mol. The van der Waals surface area contributed by atoms with Crippen LogP contribution in [0.25, 0.3) is 0 Å². The lowest BCUT2D eigenvalue weighted by Gasteiger charge is -2.34. The number of methoxy groups -OCH3 is 1. The van der Waals surface area contributed by atoms with Crippen LogP contribution in [0.4, 0.5) is 18.9 Å². The first-order valence-corrected chi connectivity index (χ1v) is 6.63. The molecule has 1 fully saturated rings. The third-order valence-electron chi connectivity index (χ3n) is 3.74. The second-order valence-electron chi connectivity index (χ2n) is 4.97. The lowest BCUT2D eigenvalue weighted by atomic mass is 10.0. The zero-order valence-corrected chi connectivity index (χ0v) is 11.4. The molecule has 1 aliphatic heterocycles. The van der Waals surface area contributed by atoms with Gasteiger partial charge in [0.15, 0.2) is 0 Å². The average molecular weight is 288 g/mol. The minimum Gasteiger partial charge on any atom is -0.381 e. The van der Waals surface area contributed by atoms with E-state index in [1.165, 1.54) is 6.07 Å². The molecular weight excluding hydrogens is 269 g/mol. The molecule has 112 valence electrons. The van der Waals surface area contributed by atoms with Gasteiger partial charge >= 0.3 is 6.18 Å². The van der Waals surface area contributed by atoms with E-state index in [1.54, 1.807) is 7.11 Å². The second-order valence-corrected chi connectivity index (χ2v) is 4.97. The molecule has 0 spiro atoms. The Morgan fingerprint density at radius 2 is 1.95 bits per heavy atom. The number of anilines is 1. The zero-order chi connectivity index (χ0) is 14.8. The molecule has 3 nitrogen and oxygen atoms in total. The van der Waals surface area contributed by atoms with E-state index in [4.69, 9.17) is 10.5 Å². The highest BCUT2D eigenvalue weighted by atomic mass is 19.4. The topological polar surface area (TPSA) is 38.5 Å². The Morgan fingerprint density at radius 3 is 2.45 bits per heavy atom. The van der Waals surface area contributed by atoms with E-state index in [0.29, 0.717) is 5.56 Å². The smallest absolute Gasteiger partial charge is 0.381 e. The van der Waals surface area contributed by atoms with Gasteiger partial charge in [0, 0.05) is 32.4 Å². The molecule has 1 saturated heterocycles.